The SMILES string of the molecule is CC1C=CC=CC1c1nc(-c2ccccc2)nc(-c2ccc(-c3ccc4c(c3)c3ccccc3n4-c3ccc(-c4cccc5c4c4ccccc4n5-c4ccccc4)cc3)cc2)n1. The maximum atomic E-state index is 5.06. The van der Waals surface area contributed by atoms with E-state index in [4.69, 9.17) is 15.0 Å². The molecule has 8 aromatic carbocycles. The highest BCUT2D eigenvalue weighted by Crippen LogP contribution is 2.40. The van der Waals surface area contributed by atoms with E-state index in [1.807, 2.05) is 18.2 Å². The largest absolute Gasteiger partial charge is 0.309 e. The van der Waals surface area contributed by atoms with E-state index >= 15 is 0 Å². The molecule has 0 aliphatic heterocycles. The zero-order valence-electron chi connectivity index (χ0n) is 34.7. The van der Waals surface area contributed by atoms with Crippen molar-refractivity contribution in [3.8, 4) is 56.4 Å². The number of rotatable bonds is 7. The van der Waals surface area contributed by atoms with Crippen LogP contribution in [0.2, 0.25) is 0 Å². The van der Waals surface area contributed by atoms with Gasteiger partial charge in [-0.15, -0.1) is 0 Å². The van der Waals surface area contributed by atoms with Gasteiger partial charge in [0.2, 0.25) is 0 Å². The minimum Gasteiger partial charge on any atom is -0.309 e. The first-order valence-electron chi connectivity index (χ1n) is 21.7. The number of fused-ring (bicyclic) bond motifs is 6. The van der Waals surface area contributed by atoms with E-state index in [1.54, 1.807) is 0 Å². The predicted octanol–water partition coefficient (Wildman–Crippen LogP) is 14.6. The molecule has 3 aromatic heterocycles. The molecular formula is C58H41N5. The van der Waals surface area contributed by atoms with Gasteiger partial charge in [0.25, 0.3) is 0 Å². The van der Waals surface area contributed by atoms with Gasteiger partial charge in [-0.25, -0.2) is 15.0 Å². The maximum Gasteiger partial charge on any atom is 0.163 e. The first kappa shape index (κ1) is 36.7. The molecule has 5 nitrogen and oxygen atoms in total. The molecule has 0 bridgehead atoms. The van der Waals surface area contributed by atoms with Gasteiger partial charge in [0.1, 0.15) is 5.82 Å². The van der Waals surface area contributed by atoms with Crippen LogP contribution in [0.15, 0.2) is 218 Å². The molecule has 1 aliphatic rings. The monoisotopic (exact) mass is 807 g/mol. The van der Waals surface area contributed by atoms with E-state index in [0.717, 1.165) is 39.5 Å². The summed E-state index contributed by atoms with van der Waals surface area (Å²) in [4.78, 5) is 15.0. The number of para-hydroxylation sites is 3. The zero-order chi connectivity index (χ0) is 41.9. The summed E-state index contributed by atoms with van der Waals surface area (Å²) in [6.07, 6.45) is 8.59. The Bertz CT molecular complexity index is 3560. The molecule has 12 rings (SSSR count). The summed E-state index contributed by atoms with van der Waals surface area (Å²) >= 11 is 0. The summed E-state index contributed by atoms with van der Waals surface area (Å²) in [6.45, 7) is 2.21. The number of aromatic nitrogens is 5. The van der Waals surface area contributed by atoms with Crippen molar-refractivity contribution in [1.82, 2.24) is 24.1 Å². The van der Waals surface area contributed by atoms with Crippen LogP contribution < -0.4 is 0 Å². The highest BCUT2D eigenvalue weighted by atomic mass is 15.0. The Morgan fingerprint density at radius 1 is 0.381 bits per heavy atom. The lowest BCUT2D eigenvalue weighted by Crippen LogP contribution is -2.13. The van der Waals surface area contributed by atoms with Crippen LogP contribution in [-0.2, 0) is 0 Å². The van der Waals surface area contributed by atoms with Crippen LogP contribution in [0, 0.1) is 5.92 Å². The number of hydrogen-bond donors (Lipinski definition) is 0. The second-order valence-corrected chi connectivity index (χ2v) is 16.5. The average Bonchev–Trinajstić information content (AvgIpc) is 3.87. The number of nitrogens with zero attached hydrogens (tertiary/aromatic N) is 5. The predicted molar refractivity (Wildman–Crippen MR) is 260 cm³/mol. The Labute approximate surface area is 365 Å². The van der Waals surface area contributed by atoms with Crippen LogP contribution in [0.5, 0.6) is 0 Å². The summed E-state index contributed by atoms with van der Waals surface area (Å²) in [7, 11) is 0. The van der Waals surface area contributed by atoms with Gasteiger partial charge in [-0.1, -0.05) is 171 Å². The van der Waals surface area contributed by atoms with Gasteiger partial charge in [-0.3, -0.25) is 0 Å². The first-order chi connectivity index (χ1) is 31.2. The molecule has 63 heavy (non-hydrogen) atoms. The van der Waals surface area contributed by atoms with Crippen molar-refractivity contribution in [2.24, 2.45) is 5.92 Å². The Hall–Kier alpha value is -8.15. The topological polar surface area (TPSA) is 48.5 Å². The number of allylic oxidation sites excluding steroid dienone is 4. The van der Waals surface area contributed by atoms with Crippen LogP contribution in [-0.4, -0.2) is 24.1 Å². The summed E-state index contributed by atoms with van der Waals surface area (Å²) in [5.74, 6) is 2.53. The van der Waals surface area contributed by atoms with Gasteiger partial charge in [-0.2, -0.15) is 0 Å². The summed E-state index contributed by atoms with van der Waals surface area (Å²) in [5.41, 5.74) is 13.7. The van der Waals surface area contributed by atoms with Gasteiger partial charge < -0.3 is 9.13 Å². The van der Waals surface area contributed by atoms with E-state index in [1.165, 1.54) is 54.7 Å². The van der Waals surface area contributed by atoms with E-state index in [2.05, 4.69) is 216 Å². The molecule has 0 spiro atoms. The molecule has 11 aromatic rings. The summed E-state index contributed by atoms with van der Waals surface area (Å²) in [5, 5.41) is 4.95. The molecule has 3 heterocycles. The quantitative estimate of drug-likeness (QED) is 0.161. The summed E-state index contributed by atoms with van der Waals surface area (Å²) < 4.78 is 4.77. The van der Waals surface area contributed by atoms with Gasteiger partial charge in [-0.05, 0) is 82.8 Å². The van der Waals surface area contributed by atoms with Crippen LogP contribution >= 0.6 is 0 Å². The van der Waals surface area contributed by atoms with Crippen LogP contribution in [0.25, 0.3) is 100 Å². The first-order valence-corrected chi connectivity index (χ1v) is 21.7. The molecule has 0 radical (unpaired) electrons. The molecule has 5 heteroatoms. The maximum absolute atomic E-state index is 5.06. The highest BCUT2D eigenvalue weighted by molar-refractivity contribution is 6.16. The second-order valence-electron chi connectivity index (χ2n) is 16.5. The van der Waals surface area contributed by atoms with E-state index < -0.39 is 0 Å². The van der Waals surface area contributed by atoms with Crippen LogP contribution in [0.4, 0.5) is 0 Å². The molecule has 1 aliphatic carbocycles. The smallest absolute Gasteiger partial charge is 0.163 e. The van der Waals surface area contributed by atoms with Gasteiger partial charge in [0.15, 0.2) is 11.6 Å². The molecule has 0 saturated heterocycles. The second kappa shape index (κ2) is 15.1. The third kappa shape index (κ3) is 6.28. The minimum absolute atomic E-state index is 0.0830. The van der Waals surface area contributed by atoms with Gasteiger partial charge in [0.05, 0.1) is 22.1 Å². The van der Waals surface area contributed by atoms with Gasteiger partial charge >= 0.3 is 0 Å². The Balaban J connectivity index is 0.904. The Morgan fingerprint density at radius 3 is 1.67 bits per heavy atom. The lowest BCUT2D eigenvalue weighted by atomic mass is 9.89. The molecule has 0 amide bonds. The highest BCUT2D eigenvalue weighted by Gasteiger charge is 2.23. The van der Waals surface area contributed by atoms with E-state index in [9.17, 15) is 0 Å². The molecule has 0 fully saturated rings. The van der Waals surface area contributed by atoms with Crippen molar-refractivity contribution < 1.29 is 0 Å². The van der Waals surface area contributed by atoms with Crippen molar-refractivity contribution in [3.05, 3.63) is 224 Å². The van der Waals surface area contributed by atoms with Crippen LogP contribution in [0.3, 0.4) is 0 Å². The van der Waals surface area contributed by atoms with E-state index in [-0.39, 0.29) is 11.8 Å². The molecule has 0 saturated carbocycles. The molecular weight excluding hydrogens is 767 g/mol. The minimum atomic E-state index is 0.0830. The molecule has 2 atom stereocenters. The molecule has 0 N–H and O–H groups in total. The van der Waals surface area contributed by atoms with Crippen molar-refractivity contribution >= 4 is 43.6 Å². The molecule has 298 valence electrons. The van der Waals surface area contributed by atoms with E-state index in [0.29, 0.717) is 11.6 Å². The lowest BCUT2D eigenvalue weighted by molar-refractivity contribution is 0.600. The number of hydrogen-bond acceptors (Lipinski definition) is 3. The molecule has 2 unspecified atom stereocenters. The standard InChI is InChI=1S/C58H41N5/c1-38-15-8-9-20-46(38)58-60-56(41-16-4-2-5-17-41)59-57(61-58)42-29-27-39(28-30-42)43-33-36-53-50(37-43)48-21-10-12-24-51(48)62(53)45-34-31-40(32-35-45)47-23-14-26-54-55(47)49-22-11-13-25-52(49)63(54)44-18-6-3-7-19-44/h2-38,46H,1H3. The third-order valence-electron chi connectivity index (χ3n) is 12.7. The number of benzene rings is 8. The lowest BCUT2D eigenvalue weighted by Gasteiger charge is -2.20. The van der Waals surface area contributed by atoms with Crippen molar-refractivity contribution in [2.75, 3.05) is 0 Å². The van der Waals surface area contributed by atoms with Crippen molar-refractivity contribution in [3.63, 3.8) is 0 Å². The zero-order valence-corrected chi connectivity index (χ0v) is 34.7. The van der Waals surface area contributed by atoms with Crippen molar-refractivity contribution in [1.29, 1.82) is 0 Å². The third-order valence-corrected chi connectivity index (χ3v) is 12.7. The normalized spacial score (nSPS) is 14.9. The van der Waals surface area contributed by atoms with Crippen LogP contribution in [0.1, 0.15) is 18.7 Å². The fourth-order valence-electron chi connectivity index (χ4n) is 9.57. The van der Waals surface area contributed by atoms with Gasteiger partial charge in [0, 0.05) is 50.0 Å². The Kier molecular flexibility index (Phi) is 8.78. The fraction of sp³-hybridized carbons (Fsp3) is 0.0517. The Morgan fingerprint density at radius 2 is 0.921 bits per heavy atom. The summed E-state index contributed by atoms with van der Waals surface area (Å²) in [6, 6.07) is 69.5. The fourth-order valence-corrected chi connectivity index (χ4v) is 9.57. The van der Waals surface area contributed by atoms with Crippen molar-refractivity contribution in [2.45, 2.75) is 12.8 Å². The average molecular weight is 808 g/mol.